The van der Waals surface area contributed by atoms with Gasteiger partial charge in [0.25, 0.3) is 0 Å². The Morgan fingerprint density at radius 1 is 1.39 bits per heavy atom. The van der Waals surface area contributed by atoms with Crippen molar-refractivity contribution in [1.29, 1.82) is 0 Å². The molecular weight excluding hydrogens is 228 g/mol. The number of benzene rings is 1. The number of nitrogens with one attached hydrogen (secondary N) is 1. The molecular formula is C14H22N2O2. The molecule has 0 aliphatic heterocycles. The second-order valence-corrected chi connectivity index (χ2v) is 4.32. The van der Waals surface area contributed by atoms with Crippen molar-refractivity contribution in [3.8, 4) is 5.75 Å². The predicted octanol–water partition coefficient (Wildman–Crippen LogP) is 1.48. The maximum atomic E-state index is 11.6. The van der Waals surface area contributed by atoms with Crippen LogP contribution in [-0.2, 0) is 11.2 Å². The van der Waals surface area contributed by atoms with Crippen LogP contribution in [0.15, 0.2) is 24.3 Å². The molecule has 100 valence electrons. The van der Waals surface area contributed by atoms with Crippen LogP contribution in [0.3, 0.4) is 0 Å². The minimum Gasteiger partial charge on any atom is -0.497 e. The van der Waals surface area contributed by atoms with Crippen molar-refractivity contribution < 1.29 is 9.53 Å². The number of aryl methyl sites for hydroxylation is 1. The molecule has 0 aliphatic rings. The van der Waals surface area contributed by atoms with Crippen LogP contribution < -0.4 is 15.8 Å². The minimum atomic E-state index is 0.0507. The van der Waals surface area contributed by atoms with Crippen LogP contribution in [0.4, 0.5) is 0 Å². The Kier molecular flexibility index (Phi) is 6.22. The Hall–Kier alpha value is -1.55. The van der Waals surface area contributed by atoms with Gasteiger partial charge in [-0.1, -0.05) is 19.1 Å². The number of hydrogen-bond donors (Lipinski definition) is 2. The van der Waals surface area contributed by atoms with Gasteiger partial charge in [0, 0.05) is 19.0 Å². The first-order valence-electron chi connectivity index (χ1n) is 6.31. The number of carbonyl (C=O) groups excluding carboxylic acids is 1. The summed E-state index contributed by atoms with van der Waals surface area (Å²) < 4.78 is 5.08. The SMILES string of the molecule is CCC(N)CNC(=O)CCc1ccc(OC)cc1. The zero-order valence-corrected chi connectivity index (χ0v) is 11.1. The van der Waals surface area contributed by atoms with Crippen LogP contribution in [0.2, 0.25) is 0 Å². The van der Waals surface area contributed by atoms with E-state index in [9.17, 15) is 4.79 Å². The molecule has 0 bridgehead atoms. The first-order chi connectivity index (χ1) is 8.65. The summed E-state index contributed by atoms with van der Waals surface area (Å²) in [7, 11) is 1.64. The summed E-state index contributed by atoms with van der Waals surface area (Å²) in [6, 6.07) is 7.81. The van der Waals surface area contributed by atoms with Gasteiger partial charge in [0.05, 0.1) is 7.11 Å². The topological polar surface area (TPSA) is 64.3 Å². The number of ether oxygens (including phenoxy) is 1. The van der Waals surface area contributed by atoms with Crippen molar-refractivity contribution in [2.75, 3.05) is 13.7 Å². The molecule has 4 heteroatoms. The van der Waals surface area contributed by atoms with Crippen molar-refractivity contribution >= 4 is 5.91 Å². The third kappa shape index (κ3) is 5.19. The molecule has 1 amide bonds. The molecule has 0 saturated carbocycles. The van der Waals surface area contributed by atoms with Gasteiger partial charge in [-0.2, -0.15) is 0 Å². The molecule has 0 fully saturated rings. The lowest BCUT2D eigenvalue weighted by Gasteiger charge is -2.10. The van der Waals surface area contributed by atoms with Crippen LogP contribution in [-0.4, -0.2) is 25.6 Å². The average Bonchev–Trinajstić information content (AvgIpc) is 2.42. The zero-order chi connectivity index (χ0) is 13.4. The quantitative estimate of drug-likeness (QED) is 0.770. The van der Waals surface area contributed by atoms with Crippen LogP contribution in [0.5, 0.6) is 5.75 Å². The average molecular weight is 250 g/mol. The van der Waals surface area contributed by atoms with Crippen molar-refractivity contribution in [2.24, 2.45) is 5.73 Å². The maximum Gasteiger partial charge on any atom is 0.220 e. The number of carbonyl (C=O) groups is 1. The third-order valence-electron chi connectivity index (χ3n) is 2.89. The van der Waals surface area contributed by atoms with Gasteiger partial charge in [-0.15, -0.1) is 0 Å². The van der Waals surface area contributed by atoms with Crippen molar-refractivity contribution in [2.45, 2.75) is 32.2 Å². The van der Waals surface area contributed by atoms with Gasteiger partial charge in [-0.25, -0.2) is 0 Å². The van der Waals surface area contributed by atoms with Crippen molar-refractivity contribution in [3.05, 3.63) is 29.8 Å². The highest BCUT2D eigenvalue weighted by atomic mass is 16.5. The highest BCUT2D eigenvalue weighted by Gasteiger charge is 2.04. The van der Waals surface area contributed by atoms with Crippen LogP contribution in [0.1, 0.15) is 25.3 Å². The Labute approximate surface area is 109 Å². The van der Waals surface area contributed by atoms with E-state index in [0.29, 0.717) is 13.0 Å². The molecule has 1 aromatic carbocycles. The monoisotopic (exact) mass is 250 g/mol. The standard InChI is InChI=1S/C14H22N2O2/c1-3-12(15)10-16-14(17)9-6-11-4-7-13(18-2)8-5-11/h4-5,7-8,12H,3,6,9-10,15H2,1-2H3,(H,16,17). The first kappa shape index (κ1) is 14.5. The predicted molar refractivity (Wildman–Crippen MR) is 72.6 cm³/mol. The van der Waals surface area contributed by atoms with E-state index in [1.165, 1.54) is 0 Å². The second-order valence-electron chi connectivity index (χ2n) is 4.32. The van der Waals surface area contributed by atoms with Crippen LogP contribution in [0.25, 0.3) is 0 Å². The lowest BCUT2D eigenvalue weighted by molar-refractivity contribution is -0.121. The highest BCUT2D eigenvalue weighted by Crippen LogP contribution is 2.12. The molecule has 3 N–H and O–H groups in total. The number of nitrogens with two attached hydrogens (primary N) is 1. The summed E-state index contributed by atoms with van der Waals surface area (Å²) in [5, 5.41) is 2.84. The molecule has 0 heterocycles. The van der Waals surface area contributed by atoms with E-state index in [1.54, 1.807) is 7.11 Å². The van der Waals surface area contributed by atoms with E-state index in [1.807, 2.05) is 31.2 Å². The van der Waals surface area contributed by atoms with E-state index in [4.69, 9.17) is 10.5 Å². The molecule has 1 rings (SSSR count). The summed E-state index contributed by atoms with van der Waals surface area (Å²) in [5.41, 5.74) is 6.86. The fraction of sp³-hybridized carbons (Fsp3) is 0.500. The Bertz CT molecular complexity index is 363. The lowest BCUT2D eigenvalue weighted by atomic mass is 10.1. The summed E-state index contributed by atoms with van der Waals surface area (Å²) in [6.07, 6.45) is 2.10. The molecule has 1 unspecified atom stereocenters. The smallest absolute Gasteiger partial charge is 0.220 e. The number of amides is 1. The Balaban J connectivity index is 2.29. The van der Waals surface area contributed by atoms with E-state index in [-0.39, 0.29) is 11.9 Å². The van der Waals surface area contributed by atoms with Gasteiger partial charge in [0.2, 0.25) is 5.91 Å². The van der Waals surface area contributed by atoms with E-state index >= 15 is 0 Å². The third-order valence-corrected chi connectivity index (χ3v) is 2.89. The molecule has 1 atom stereocenters. The minimum absolute atomic E-state index is 0.0507. The summed E-state index contributed by atoms with van der Waals surface area (Å²) in [6.45, 7) is 2.56. The molecule has 1 aromatic rings. The fourth-order valence-electron chi connectivity index (χ4n) is 1.53. The highest BCUT2D eigenvalue weighted by molar-refractivity contribution is 5.76. The van der Waals surface area contributed by atoms with Crippen LogP contribution >= 0.6 is 0 Å². The molecule has 0 saturated heterocycles. The van der Waals surface area contributed by atoms with E-state index in [0.717, 1.165) is 24.2 Å². The first-order valence-corrected chi connectivity index (χ1v) is 6.31. The van der Waals surface area contributed by atoms with Crippen molar-refractivity contribution in [3.63, 3.8) is 0 Å². The lowest BCUT2D eigenvalue weighted by Crippen LogP contribution is -2.36. The van der Waals surface area contributed by atoms with Crippen LogP contribution in [0, 0.1) is 0 Å². The number of methoxy groups -OCH3 is 1. The van der Waals surface area contributed by atoms with E-state index in [2.05, 4.69) is 5.32 Å². The molecule has 18 heavy (non-hydrogen) atoms. The van der Waals surface area contributed by atoms with Gasteiger partial charge in [-0.3, -0.25) is 4.79 Å². The van der Waals surface area contributed by atoms with Crippen molar-refractivity contribution in [1.82, 2.24) is 5.32 Å². The summed E-state index contributed by atoms with van der Waals surface area (Å²) >= 11 is 0. The molecule has 0 aromatic heterocycles. The Morgan fingerprint density at radius 3 is 2.61 bits per heavy atom. The van der Waals surface area contributed by atoms with Gasteiger partial charge in [0.1, 0.15) is 5.75 Å². The van der Waals surface area contributed by atoms with Gasteiger partial charge < -0.3 is 15.8 Å². The molecule has 0 radical (unpaired) electrons. The van der Waals surface area contributed by atoms with Gasteiger partial charge in [0.15, 0.2) is 0 Å². The fourth-order valence-corrected chi connectivity index (χ4v) is 1.53. The largest absolute Gasteiger partial charge is 0.497 e. The van der Waals surface area contributed by atoms with Gasteiger partial charge in [-0.05, 0) is 30.5 Å². The second kappa shape index (κ2) is 7.71. The molecule has 4 nitrogen and oxygen atoms in total. The molecule has 0 spiro atoms. The summed E-state index contributed by atoms with van der Waals surface area (Å²) in [4.78, 5) is 11.6. The molecule has 0 aliphatic carbocycles. The zero-order valence-electron chi connectivity index (χ0n) is 11.1. The maximum absolute atomic E-state index is 11.6. The van der Waals surface area contributed by atoms with E-state index < -0.39 is 0 Å². The Morgan fingerprint density at radius 2 is 2.06 bits per heavy atom. The number of rotatable bonds is 7. The number of hydrogen-bond acceptors (Lipinski definition) is 3. The summed E-state index contributed by atoms with van der Waals surface area (Å²) in [5.74, 6) is 0.881. The normalized spacial score (nSPS) is 11.9. The van der Waals surface area contributed by atoms with Gasteiger partial charge >= 0.3 is 0 Å².